The highest BCUT2D eigenvalue weighted by atomic mass is 16.5. The number of aryl methyl sites for hydroxylation is 1. The molecule has 2 aromatic rings. The summed E-state index contributed by atoms with van der Waals surface area (Å²) in [6.07, 6.45) is 1.81. The van der Waals surface area contributed by atoms with Crippen molar-refractivity contribution in [2.75, 3.05) is 6.61 Å². The fourth-order valence-corrected chi connectivity index (χ4v) is 3.09. The van der Waals surface area contributed by atoms with Crippen molar-refractivity contribution in [2.45, 2.75) is 26.6 Å². The molecule has 7 heteroatoms. The number of phenols is 2. The van der Waals surface area contributed by atoms with E-state index in [1.165, 1.54) is 12.1 Å². The van der Waals surface area contributed by atoms with E-state index in [1.807, 2.05) is 19.9 Å². The third-order valence-electron chi connectivity index (χ3n) is 4.34. The Bertz CT molecular complexity index is 971. The summed E-state index contributed by atoms with van der Waals surface area (Å²) in [6, 6.07) is 2.46. The molecule has 0 spiro atoms. The minimum Gasteiger partial charge on any atom is -0.507 e. The molecule has 0 bridgehead atoms. The highest BCUT2D eigenvalue weighted by molar-refractivity contribution is 6.35. The Kier molecular flexibility index (Phi) is 4.01. The molecule has 0 saturated heterocycles. The van der Waals surface area contributed by atoms with E-state index in [-0.39, 0.29) is 17.7 Å². The summed E-state index contributed by atoms with van der Waals surface area (Å²) in [5.41, 5.74) is 0.641. The average molecular weight is 358 g/mol. The highest BCUT2D eigenvalue weighted by Crippen LogP contribution is 2.46. The molecule has 0 atom stereocenters. The molecule has 0 aromatic heterocycles. The van der Waals surface area contributed by atoms with E-state index in [0.29, 0.717) is 10.9 Å². The first-order valence-corrected chi connectivity index (χ1v) is 7.90. The zero-order valence-corrected chi connectivity index (χ0v) is 14.5. The van der Waals surface area contributed by atoms with Crippen LogP contribution in [0.1, 0.15) is 40.1 Å². The van der Waals surface area contributed by atoms with Crippen LogP contribution in [0, 0.1) is 6.92 Å². The summed E-state index contributed by atoms with van der Waals surface area (Å²) >= 11 is 0. The van der Waals surface area contributed by atoms with Crippen molar-refractivity contribution in [2.24, 2.45) is 0 Å². The molecule has 1 aliphatic carbocycles. The maximum Gasteiger partial charge on any atom is 0.295 e. The lowest BCUT2D eigenvalue weighted by molar-refractivity contribution is -0.0896. The van der Waals surface area contributed by atoms with Gasteiger partial charge in [-0.25, -0.2) is 0 Å². The molecular formula is C19H18O7. The van der Waals surface area contributed by atoms with Gasteiger partial charge >= 0.3 is 0 Å². The molecule has 0 unspecified atom stereocenters. The molecule has 0 radical (unpaired) electrons. The molecule has 7 nitrogen and oxygen atoms in total. The summed E-state index contributed by atoms with van der Waals surface area (Å²) in [5.74, 6) is -6.92. The molecule has 136 valence electrons. The lowest BCUT2D eigenvalue weighted by Crippen LogP contribution is -2.49. The predicted octanol–water partition coefficient (Wildman–Crippen LogP) is 1.96. The maximum absolute atomic E-state index is 12.4. The summed E-state index contributed by atoms with van der Waals surface area (Å²) in [7, 11) is 0. The number of ketones is 2. The first-order chi connectivity index (χ1) is 12.1. The van der Waals surface area contributed by atoms with Gasteiger partial charge in [-0.05, 0) is 38.5 Å². The minimum absolute atomic E-state index is 0.0524. The molecule has 4 N–H and O–H groups in total. The van der Waals surface area contributed by atoms with Crippen LogP contribution in [-0.2, 0) is 0 Å². The molecule has 1 aliphatic rings. The van der Waals surface area contributed by atoms with Crippen molar-refractivity contribution >= 4 is 22.3 Å². The number of rotatable bonds is 3. The lowest BCUT2D eigenvalue weighted by Gasteiger charge is -2.28. The van der Waals surface area contributed by atoms with E-state index in [2.05, 4.69) is 0 Å². The number of hydrogen-bond donors (Lipinski definition) is 4. The largest absolute Gasteiger partial charge is 0.507 e. The predicted molar refractivity (Wildman–Crippen MR) is 92.8 cm³/mol. The van der Waals surface area contributed by atoms with Crippen LogP contribution in [0.4, 0.5) is 0 Å². The molecule has 3 rings (SSSR count). The van der Waals surface area contributed by atoms with E-state index in [1.54, 1.807) is 6.92 Å². The molecule has 2 aromatic carbocycles. The lowest BCUT2D eigenvalue weighted by atomic mass is 9.80. The number of benzene rings is 2. The van der Waals surface area contributed by atoms with E-state index in [4.69, 9.17) is 4.74 Å². The normalized spacial score (nSPS) is 15.3. The van der Waals surface area contributed by atoms with E-state index in [9.17, 15) is 30.0 Å². The number of carbonyl (C=O) groups excluding carboxylic acids is 2. The molecule has 0 aliphatic heterocycles. The SMILES string of the molecule is CC(C)=CCOc1cc(O)c2c3c(c(O)cc(C)c13)C(=O)C(O)(O)C2=O. The average Bonchev–Trinajstić information content (AvgIpc) is 2.52. The van der Waals surface area contributed by atoms with Crippen molar-refractivity contribution < 1.29 is 34.8 Å². The van der Waals surface area contributed by atoms with Gasteiger partial charge in [-0.2, -0.15) is 0 Å². The van der Waals surface area contributed by atoms with Gasteiger partial charge in [0.1, 0.15) is 23.9 Å². The number of carbonyl (C=O) groups is 2. The topological polar surface area (TPSA) is 124 Å². The van der Waals surface area contributed by atoms with Crippen LogP contribution in [0.5, 0.6) is 17.2 Å². The molecule has 0 saturated carbocycles. The van der Waals surface area contributed by atoms with Crippen LogP contribution in [-0.4, -0.2) is 44.4 Å². The Labute approximate surface area is 148 Å². The van der Waals surface area contributed by atoms with Crippen LogP contribution in [0.2, 0.25) is 0 Å². The second kappa shape index (κ2) is 5.82. The van der Waals surface area contributed by atoms with Gasteiger partial charge in [0.2, 0.25) is 11.6 Å². The number of aromatic hydroxyl groups is 2. The van der Waals surface area contributed by atoms with Crippen LogP contribution in [0.15, 0.2) is 23.8 Å². The molecular weight excluding hydrogens is 340 g/mol. The monoisotopic (exact) mass is 358 g/mol. The Morgan fingerprint density at radius 3 is 2.12 bits per heavy atom. The van der Waals surface area contributed by atoms with Crippen LogP contribution in [0.25, 0.3) is 10.8 Å². The van der Waals surface area contributed by atoms with Crippen molar-refractivity contribution in [3.05, 3.63) is 40.5 Å². The fourth-order valence-electron chi connectivity index (χ4n) is 3.09. The minimum atomic E-state index is -3.35. The molecule has 26 heavy (non-hydrogen) atoms. The van der Waals surface area contributed by atoms with Gasteiger partial charge in [0.15, 0.2) is 0 Å². The Morgan fingerprint density at radius 2 is 1.58 bits per heavy atom. The van der Waals surface area contributed by atoms with Gasteiger partial charge in [-0.1, -0.05) is 5.57 Å². The van der Waals surface area contributed by atoms with Gasteiger partial charge in [-0.3, -0.25) is 9.59 Å². The zero-order valence-electron chi connectivity index (χ0n) is 14.5. The highest BCUT2D eigenvalue weighted by Gasteiger charge is 2.50. The number of hydrogen-bond acceptors (Lipinski definition) is 7. The first kappa shape index (κ1) is 17.9. The third-order valence-corrected chi connectivity index (χ3v) is 4.34. The fraction of sp³-hybridized carbons (Fsp3) is 0.263. The van der Waals surface area contributed by atoms with Crippen molar-refractivity contribution in [3.8, 4) is 17.2 Å². The third kappa shape index (κ3) is 2.44. The van der Waals surface area contributed by atoms with Crippen molar-refractivity contribution in [1.82, 2.24) is 0 Å². The van der Waals surface area contributed by atoms with Crippen LogP contribution >= 0.6 is 0 Å². The maximum atomic E-state index is 12.4. The van der Waals surface area contributed by atoms with Crippen LogP contribution in [0.3, 0.4) is 0 Å². The van der Waals surface area contributed by atoms with Crippen molar-refractivity contribution in [3.63, 3.8) is 0 Å². The van der Waals surface area contributed by atoms with Gasteiger partial charge < -0.3 is 25.2 Å². The summed E-state index contributed by atoms with van der Waals surface area (Å²) in [6.45, 7) is 5.61. The summed E-state index contributed by atoms with van der Waals surface area (Å²) < 4.78 is 5.67. The number of allylic oxidation sites excluding steroid dienone is 1. The van der Waals surface area contributed by atoms with Gasteiger partial charge in [0.05, 0.1) is 11.1 Å². The smallest absolute Gasteiger partial charge is 0.295 e. The number of ether oxygens (including phenoxy) is 1. The summed E-state index contributed by atoms with van der Waals surface area (Å²) in [4.78, 5) is 24.8. The molecule has 0 heterocycles. The second-order valence-corrected chi connectivity index (χ2v) is 6.53. The zero-order chi connectivity index (χ0) is 19.4. The van der Waals surface area contributed by atoms with Gasteiger partial charge in [0, 0.05) is 16.8 Å². The molecule has 0 amide bonds. The van der Waals surface area contributed by atoms with Gasteiger partial charge in [0.25, 0.3) is 5.79 Å². The van der Waals surface area contributed by atoms with E-state index >= 15 is 0 Å². The van der Waals surface area contributed by atoms with Crippen LogP contribution < -0.4 is 4.74 Å². The first-order valence-electron chi connectivity index (χ1n) is 7.90. The summed E-state index contributed by atoms with van der Waals surface area (Å²) in [5, 5.41) is 40.6. The standard InChI is InChI=1S/C19H18O7/c1-8(2)4-5-26-12-7-11(21)15-16-13(12)9(3)6-10(20)14(16)17(22)19(24,25)18(15)23/h4,6-7,20-21,24-25H,5H2,1-3H3. The van der Waals surface area contributed by atoms with Crippen molar-refractivity contribution in [1.29, 1.82) is 0 Å². The number of Topliss-reactive ketones (excluding diaryl/α,β-unsaturated/α-hetero) is 2. The van der Waals surface area contributed by atoms with E-state index in [0.717, 1.165) is 5.57 Å². The number of aliphatic hydroxyl groups is 2. The number of phenolic OH excluding ortho intramolecular Hbond substituents is 2. The Balaban J connectivity index is 2.39. The second-order valence-electron chi connectivity index (χ2n) is 6.53. The quantitative estimate of drug-likeness (QED) is 0.375. The Morgan fingerprint density at radius 1 is 1.04 bits per heavy atom. The van der Waals surface area contributed by atoms with E-state index < -0.39 is 40.0 Å². The Hall–Kier alpha value is -2.90. The van der Waals surface area contributed by atoms with Gasteiger partial charge in [-0.15, -0.1) is 0 Å². The molecule has 0 fully saturated rings.